The summed E-state index contributed by atoms with van der Waals surface area (Å²) in [6, 6.07) is 6.73. The number of nitrogens with one attached hydrogen (secondary N) is 2. The molecule has 0 saturated carbocycles. The highest BCUT2D eigenvalue weighted by Gasteiger charge is 2.33. The van der Waals surface area contributed by atoms with E-state index in [0.717, 1.165) is 0 Å². The molecule has 3 rings (SSSR count). The Morgan fingerprint density at radius 2 is 2.07 bits per heavy atom. The summed E-state index contributed by atoms with van der Waals surface area (Å²) >= 11 is 6.04. The van der Waals surface area contributed by atoms with Gasteiger partial charge in [0.25, 0.3) is 0 Å². The first-order valence-corrected chi connectivity index (χ1v) is 11.2. The molecular weight excluding hydrogens is 420 g/mol. The predicted octanol–water partition coefficient (Wildman–Crippen LogP) is 1.44. The SMILES string of the molecule is CCOCCCNC(=O)C(=O)Nc1c2c(nn1-c1cccc(Cl)c1)CS(=O)(=O)C2. The Morgan fingerprint density at radius 3 is 2.79 bits per heavy atom. The van der Waals surface area contributed by atoms with E-state index in [9.17, 15) is 18.0 Å². The molecule has 0 spiro atoms. The minimum absolute atomic E-state index is 0.151. The van der Waals surface area contributed by atoms with E-state index in [-0.39, 0.29) is 23.9 Å². The normalized spacial score (nSPS) is 14.4. The zero-order valence-corrected chi connectivity index (χ0v) is 17.3. The monoisotopic (exact) mass is 440 g/mol. The second kappa shape index (κ2) is 8.93. The highest BCUT2D eigenvalue weighted by atomic mass is 35.5. The maximum Gasteiger partial charge on any atom is 0.314 e. The van der Waals surface area contributed by atoms with Crippen molar-refractivity contribution in [2.75, 3.05) is 25.1 Å². The molecule has 2 heterocycles. The number of rotatable bonds is 7. The van der Waals surface area contributed by atoms with Crippen LogP contribution in [0.5, 0.6) is 0 Å². The summed E-state index contributed by atoms with van der Waals surface area (Å²) in [6.07, 6.45) is 0.570. The van der Waals surface area contributed by atoms with Crippen molar-refractivity contribution in [3.63, 3.8) is 0 Å². The summed E-state index contributed by atoms with van der Waals surface area (Å²) in [4.78, 5) is 24.5. The van der Waals surface area contributed by atoms with Crippen LogP contribution in [0, 0.1) is 0 Å². The summed E-state index contributed by atoms with van der Waals surface area (Å²) in [5.74, 6) is -2.05. The second-order valence-corrected chi connectivity index (χ2v) is 8.96. The molecule has 29 heavy (non-hydrogen) atoms. The number of fused-ring (bicyclic) bond motifs is 1. The molecule has 2 amide bonds. The molecule has 0 aliphatic carbocycles. The van der Waals surface area contributed by atoms with Crippen LogP contribution in [-0.2, 0) is 35.7 Å². The van der Waals surface area contributed by atoms with E-state index >= 15 is 0 Å². The van der Waals surface area contributed by atoms with E-state index in [2.05, 4.69) is 15.7 Å². The van der Waals surface area contributed by atoms with Crippen molar-refractivity contribution in [3.8, 4) is 5.69 Å². The first kappa shape index (κ1) is 21.3. The predicted molar refractivity (Wildman–Crippen MR) is 108 cm³/mol. The van der Waals surface area contributed by atoms with Gasteiger partial charge in [0.2, 0.25) is 0 Å². The standard InChI is InChI=1S/C18H21ClN4O5S/c1-2-28-8-4-7-20-17(24)18(25)21-16-14-10-29(26,27)11-15(14)22-23(16)13-6-3-5-12(19)9-13/h3,5-6,9H,2,4,7-8,10-11H2,1H3,(H,20,24)(H,21,25). The van der Waals surface area contributed by atoms with Crippen molar-refractivity contribution < 1.29 is 22.7 Å². The van der Waals surface area contributed by atoms with E-state index in [4.69, 9.17) is 16.3 Å². The van der Waals surface area contributed by atoms with Crippen LogP contribution >= 0.6 is 11.6 Å². The molecule has 0 saturated heterocycles. The zero-order chi connectivity index (χ0) is 21.0. The lowest BCUT2D eigenvalue weighted by Gasteiger charge is -2.11. The Hall–Kier alpha value is -2.43. The number of hydrogen-bond donors (Lipinski definition) is 2. The Kier molecular flexibility index (Phi) is 6.56. The minimum atomic E-state index is -3.34. The van der Waals surface area contributed by atoms with Gasteiger partial charge in [0, 0.05) is 30.3 Å². The van der Waals surface area contributed by atoms with Gasteiger partial charge in [-0.1, -0.05) is 17.7 Å². The van der Waals surface area contributed by atoms with Crippen molar-refractivity contribution in [3.05, 3.63) is 40.5 Å². The Balaban J connectivity index is 1.80. The average molecular weight is 441 g/mol. The molecule has 0 atom stereocenters. The number of anilines is 1. The molecule has 1 aliphatic heterocycles. The largest absolute Gasteiger partial charge is 0.382 e. The van der Waals surface area contributed by atoms with Crippen LogP contribution in [0.2, 0.25) is 5.02 Å². The molecule has 2 N–H and O–H groups in total. The number of amides is 2. The number of hydrogen-bond acceptors (Lipinski definition) is 6. The maximum atomic E-state index is 12.4. The summed E-state index contributed by atoms with van der Waals surface area (Å²) in [6.45, 7) is 3.21. The van der Waals surface area contributed by atoms with Crippen LogP contribution in [-0.4, -0.2) is 49.8 Å². The molecule has 1 aromatic heterocycles. The molecule has 0 unspecified atom stereocenters. The van der Waals surface area contributed by atoms with Gasteiger partial charge < -0.3 is 15.4 Å². The number of carbonyl (C=O) groups excluding carboxylic acids is 2. The van der Waals surface area contributed by atoms with Gasteiger partial charge in [-0.15, -0.1) is 0 Å². The van der Waals surface area contributed by atoms with Gasteiger partial charge in [0.05, 0.1) is 22.9 Å². The number of carbonyl (C=O) groups is 2. The molecule has 1 aliphatic rings. The van der Waals surface area contributed by atoms with Gasteiger partial charge >= 0.3 is 11.8 Å². The molecule has 9 nitrogen and oxygen atoms in total. The lowest BCUT2D eigenvalue weighted by Crippen LogP contribution is -2.36. The van der Waals surface area contributed by atoms with Gasteiger partial charge in [-0.05, 0) is 31.5 Å². The number of halogens is 1. The van der Waals surface area contributed by atoms with Crippen LogP contribution in [0.15, 0.2) is 24.3 Å². The Morgan fingerprint density at radius 1 is 1.28 bits per heavy atom. The Bertz CT molecular complexity index is 1030. The van der Waals surface area contributed by atoms with Crippen LogP contribution in [0.25, 0.3) is 5.69 Å². The molecule has 1 aromatic carbocycles. The van der Waals surface area contributed by atoms with Crippen molar-refractivity contribution in [2.24, 2.45) is 0 Å². The van der Waals surface area contributed by atoms with Crippen molar-refractivity contribution in [1.29, 1.82) is 0 Å². The molecule has 0 fully saturated rings. The smallest absolute Gasteiger partial charge is 0.314 e. The van der Waals surface area contributed by atoms with Crippen molar-refractivity contribution in [2.45, 2.75) is 24.9 Å². The van der Waals surface area contributed by atoms with Gasteiger partial charge in [-0.25, -0.2) is 13.1 Å². The van der Waals surface area contributed by atoms with E-state index in [0.29, 0.717) is 41.6 Å². The van der Waals surface area contributed by atoms with E-state index in [1.807, 2.05) is 6.92 Å². The Labute approximate surface area is 173 Å². The first-order chi connectivity index (χ1) is 13.8. The van der Waals surface area contributed by atoms with Gasteiger partial charge in [0.1, 0.15) is 5.82 Å². The lowest BCUT2D eigenvalue weighted by molar-refractivity contribution is -0.136. The van der Waals surface area contributed by atoms with Crippen LogP contribution < -0.4 is 10.6 Å². The minimum Gasteiger partial charge on any atom is -0.382 e. The fourth-order valence-electron chi connectivity index (χ4n) is 2.93. The highest BCUT2D eigenvalue weighted by Crippen LogP contribution is 2.33. The van der Waals surface area contributed by atoms with Crippen LogP contribution in [0.1, 0.15) is 24.6 Å². The van der Waals surface area contributed by atoms with Crippen molar-refractivity contribution in [1.82, 2.24) is 15.1 Å². The molecule has 2 aromatic rings. The topological polar surface area (TPSA) is 119 Å². The summed E-state index contributed by atoms with van der Waals surface area (Å²) in [5.41, 5.74) is 1.26. The second-order valence-electron chi connectivity index (χ2n) is 6.46. The molecule has 0 bridgehead atoms. The molecular formula is C18H21ClN4O5S. The molecule has 156 valence electrons. The highest BCUT2D eigenvalue weighted by molar-refractivity contribution is 7.90. The van der Waals surface area contributed by atoms with E-state index < -0.39 is 21.7 Å². The third-order valence-corrected chi connectivity index (χ3v) is 5.91. The summed E-state index contributed by atoms with van der Waals surface area (Å²) < 4.78 is 30.5. The zero-order valence-electron chi connectivity index (χ0n) is 15.8. The van der Waals surface area contributed by atoms with Gasteiger partial charge in [-0.3, -0.25) is 9.59 Å². The van der Waals surface area contributed by atoms with Crippen molar-refractivity contribution >= 4 is 39.1 Å². The van der Waals surface area contributed by atoms with Crippen LogP contribution in [0.3, 0.4) is 0 Å². The number of sulfone groups is 1. The number of ether oxygens (including phenoxy) is 1. The third-order valence-electron chi connectivity index (χ3n) is 4.23. The molecule has 11 heteroatoms. The lowest BCUT2D eigenvalue weighted by atomic mass is 10.2. The van der Waals surface area contributed by atoms with E-state index in [1.165, 1.54) is 4.68 Å². The number of aromatic nitrogens is 2. The summed E-state index contributed by atoms with van der Waals surface area (Å²) in [5, 5.41) is 9.79. The fraction of sp³-hybridized carbons (Fsp3) is 0.389. The van der Waals surface area contributed by atoms with Crippen LogP contribution in [0.4, 0.5) is 5.82 Å². The maximum absolute atomic E-state index is 12.4. The van der Waals surface area contributed by atoms with Gasteiger partial charge in [0.15, 0.2) is 9.84 Å². The quantitative estimate of drug-likeness (QED) is 0.496. The van der Waals surface area contributed by atoms with E-state index in [1.54, 1.807) is 24.3 Å². The summed E-state index contributed by atoms with van der Waals surface area (Å²) in [7, 11) is -3.34. The first-order valence-electron chi connectivity index (χ1n) is 9.05. The number of benzene rings is 1. The molecule has 0 radical (unpaired) electrons. The number of nitrogens with zero attached hydrogens (tertiary/aromatic N) is 2. The third kappa shape index (κ3) is 5.14. The van der Waals surface area contributed by atoms with Gasteiger partial charge in [-0.2, -0.15) is 5.10 Å². The fourth-order valence-corrected chi connectivity index (χ4v) is 4.61. The average Bonchev–Trinajstić information content (AvgIpc) is 3.14.